The predicted octanol–water partition coefficient (Wildman–Crippen LogP) is 2.96. The van der Waals surface area contributed by atoms with Crippen LogP contribution in [0.4, 0.5) is 0 Å². The van der Waals surface area contributed by atoms with Gasteiger partial charge in [0.05, 0.1) is 16.3 Å². The molecule has 4 heteroatoms. The number of carbonyl (C=O) groups is 1. The monoisotopic (exact) mass is 239 g/mol. The van der Waals surface area contributed by atoms with E-state index in [4.69, 9.17) is 11.6 Å². The Hall–Kier alpha value is -0.900. The minimum absolute atomic E-state index is 0.0257. The zero-order valence-electron chi connectivity index (χ0n) is 8.21. The fourth-order valence-electron chi connectivity index (χ4n) is 1.47. The van der Waals surface area contributed by atoms with Gasteiger partial charge in [0.25, 0.3) is 0 Å². The first-order chi connectivity index (χ1) is 7.24. The highest BCUT2D eigenvalue weighted by Crippen LogP contribution is 2.31. The number of hydrogen-bond acceptors (Lipinski definition) is 3. The zero-order valence-corrected chi connectivity index (χ0v) is 9.78. The third-order valence-corrected chi connectivity index (χ3v) is 3.65. The first-order valence-electron chi connectivity index (χ1n) is 4.57. The molecule has 1 aromatic heterocycles. The van der Waals surface area contributed by atoms with Gasteiger partial charge >= 0.3 is 0 Å². The molecule has 0 spiro atoms. The van der Waals surface area contributed by atoms with Crippen LogP contribution in [0.2, 0.25) is 5.02 Å². The fourth-order valence-corrected chi connectivity index (χ4v) is 2.72. The van der Waals surface area contributed by atoms with Crippen molar-refractivity contribution in [2.75, 3.05) is 13.6 Å². The molecule has 0 fully saturated rings. The Labute approximate surface area is 96.9 Å². The average Bonchev–Trinajstić information content (AvgIpc) is 2.67. The van der Waals surface area contributed by atoms with E-state index in [0.717, 1.165) is 10.1 Å². The van der Waals surface area contributed by atoms with Crippen molar-refractivity contribution >= 4 is 38.8 Å². The molecule has 15 heavy (non-hydrogen) atoms. The molecule has 1 heterocycles. The Kier molecular flexibility index (Phi) is 3.05. The molecule has 0 aliphatic carbocycles. The number of rotatable bonds is 3. The van der Waals surface area contributed by atoms with Crippen LogP contribution in [-0.4, -0.2) is 19.4 Å². The number of hydrogen-bond donors (Lipinski definition) is 1. The van der Waals surface area contributed by atoms with Gasteiger partial charge in [-0.25, -0.2) is 0 Å². The van der Waals surface area contributed by atoms with Crippen LogP contribution in [0, 0.1) is 0 Å². The van der Waals surface area contributed by atoms with Crippen LogP contribution < -0.4 is 5.32 Å². The number of Topliss-reactive ketones (excluding diaryl/α,β-unsaturated/α-hetero) is 1. The second kappa shape index (κ2) is 4.31. The molecule has 2 rings (SSSR count). The molecule has 2 nitrogen and oxygen atoms in total. The number of fused-ring (bicyclic) bond motifs is 1. The van der Waals surface area contributed by atoms with Gasteiger partial charge in [-0.2, -0.15) is 0 Å². The van der Waals surface area contributed by atoms with E-state index in [9.17, 15) is 4.79 Å². The van der Waals surface area contributed by atoms with Crippen molar-refractivity contribution in [1.82, 2.24) is 5.32 Å². The van der Waals surface area contributed by atoms with Crippen molar-refractivity contribution < 1.29 is 4.79 Å². The summed E-state index contributed by atoms with van der Waals surface area (Å²) in [5, 5.41) is 6.47. The van der Waals surface area contributed by atoms with Crippen LogP contribution in [0.15, 0.2) is 23.6 Å². The zero-order chi connectivity index (χ0) is 10.8. The standard InChI is InChI=1S/C11H10ClNOS/c1-13-6-9(14)8-3-2-7-4-5-15-11(7)10(8)12/h2-5,13H,6H2,1H3. The van der Waals surface area contributed by atoms with Crippen LogP contribution in [0.1, 0.15) is 10.4 Å². The van der Waals surface area contributed by atoms with Crippen molar-refractivity contribution in [3.63, 3.8) is 0 Å². The number of likely N-dealkylation sites (N-methyl/N-ethyl adjacent to an activating group) is 1. The number of nitrogens with one attached hydrogen (secondary N) is 1. The lowest BCUT2D eigenvalue weighted by Crippen LogP contribution is -2.18. The SMILES string of the molecule is CNCC(=O)c1ccc2ccsc2c1Cl. The maximum absolute atomic E-state index is 11.7. The lowest BCUT2D eigenvalue weighted by molar-refractivity contribution is 0.0994. The molecule has 2 aromatic rings. The van der Waals surface area contributed by atoms with Crippen molar-refractivity contribution in [3.8, 4) is 0 Å². The largest absolute Gasteiger partial charge is 0.313 e. The molecule has 0 atom stereocenters. The highest BCUT2D eigenvalue weighted by Gasteiger charge is 2.12. The first-order valence-corrected chi connectivity index (χ1v) is 5.83. The van der Waals surface area contributed by atoms with Crippen molar-refractivity contribution in [1.29, 1.82) is 0 Å². The van der Waals surface area contributed by atoms with Gasteiger partial charge in [0.1, 0.15) is 0 Å². The van der Waals surface area contributed by atoms with E-state index in [-0.39, 0.29) is 5.78 Å². The normalized spacial score (nSPS) is 10.8. The maximum Gasteiger partial charge on any atom is 0.178 e. The second-order valence-corrected chi connectivity index (χ2v) is 4.51. The Balaban J connectivity index is 2.52. The lowest BCUT2D eigenvalue weighted by atomic mass is 10.1. The summed E-state index contributed by atoms with van der Waals surface area (Å²) in [6.07, 6.45) is 0. The number of halogens is 1. The molecule has 0 amide bonds. The Bertz CT molecular complexity index is 506. The minimum Gasteiger partial charge on any atom is -0.313 e. The Morgan fingerprint density at radius 1 is 1.47 bits per heavy atom. The van der Waals surface area contributed by atoms with E-state index in [1.54, 1.807) is 24.5 Å². The molecule has 78 valence electrons. The van der Waals surface area contributed by atoms with Gasteiger partial charge in [0.15, 0.2) is 5.78 Å². The summed E-state index contributed by atoms with van der Waals surface area (Å²) in [6.45, 7) is 0.316. The molecule has 0 aliphatic heterocycles. The molecule has 1 aromatic carbocycles. The van der Waals surface area contributed by atoms with Crippen molar-refractivity contribution in [2.24, 2.45) is 0 Å². The van der Waals surface area contributed by atoms with Gasteiger partial charge in [-0.05, 0) is 29.9 Å². The molecule has 0 radical (unpaired) electrons. The van der Waals surface area contributed by atoms with Crippen LogP contribution in [0.25, 0.3) is 10.1 Å². The third kappa shape index (κ3) is 1.91. The number of thiophene rings is 1. The van der Waals surface area contributed by atoms with E-state index in [1.807, 2.05) is 17.5 Å². The fraction of sp³-hybridized carbons (Fsp3) is 0.182. The van der Waals surface area contributed by atoms with Crippen LogP contribution in [0.3, 0.4) is 0 Å². The van der Waals surface area contributed by atoms with Crippen LogP contribution in [-0.2, 0) is 0 Å². The number of benzene rings is 1. The third-order valence-electron chi connectivity index (χ3n) is 2.20. The summed E-state index contributed by atoms with van der Waals surface area (Å²) in [6, 6.07) is 5.72. The Morgan fingerprint density at radius 3 is 3.00 bits per heavy atom. The van der Waals surface area contributed by atoms with Gasteiger partial charge in [0.2, 0.25) is 0 Å². The molecule has 0 bridgehead atoms. The van der Waals surface area contributed by atoms with Gasteiger partial charge in [-0.3, -0.25) is 4.79 Å². The summed E-state index contributed by atoms with van der Waals surface area (Å²) in [5.74, 6) is 0.0257. The van der Waals surface area contributed by atoms with E-state index >= 15 is 0 Å². The molecule has 0 saturated carbocycles. The number of carbonyl (C=O) groups excluding carboxylic acids is 1. The van der Waals surface area contributed by atoms with Crippen LogP contribution >= 0.6 is 22.9 Å². The van der Waals surface area contributed by atoms with E-state index in [0.29, 0.717) is 17.1 Å². The van der Waals surface area contributed by atoms with Gasteiger partial charge in [-0.15, -0.1) is 11.3 Å². The van der Waals surface area contributed by atoms with Gasteiger partial charge < -0.3 is 5.32 Å². The topological polar surface area (TPSA) is 29.1 Å². The minimum atomic E-state index is 0.0257. The molecule has 0 unspecified atom stereocenters. The van der Waals surface area contributed by atoms with Gasteiger partial charge in [0, 0.05) is 5.56 Å². The Morgan fingerprint density at radius 2 is 2.27 bits per heavy atom. The van der Waals surface area contributed by atoms with Gasteiger partial charge in [-0.1, -0.05) is 17.7 Å². The second-order valence-electron chi connectivity index (χ2n) is 3.22. The molecular weight excluding hydrogens is 230 g/mol. The van der Waals surface area contributed by atoms with E-state index in [2.05, 4.69) is 5.32 Å². The molecule has 0 aliphatic rings. The smallest absolute Gasteiger partial charge is 0.178 e. The summed E-state index contributed by atoms with van der Waals surface area (Å²) >= 11 is 7.73. The highest BCUT2D eigenvalue weighted by molar-refractivity contribution is 7.17. The average molecular weight is 240 g/mol. The molecule has 1 N–H and O–H groups in total. The first kappa shape index (κ1) is 10.6. The number of ketones is 1. The van der Waals surface area contributed by atoms with Crippen LogP contribution in [0.5, 0.6) is 0 Å². The molecule has 0 saturated heterocycles. The van der Waals surface area contributed by atoms with Crippen molar-refractivity contribution in [2.45, 2.75) is 0 Å². The quantitative estimate of drug-likeness (QED) is 0.835. The summed E-state index contributed by atoms with van der Waals surface area (Å²) < 4.78 is 0.985. The van der Waals surface area contributed by atoms with Crippen molar-refractivity contribution in [3.05, 3.63) is 34.2 Å². The highest BCUT2D eigenvalue weighted by atomic mass is 35.5. The van der Waals surface area contributed by atoms with E-state index < -0.39 is 0 Å². The summed E-state index contributed by atoms with van der Waals surface area (Å²) in [7, 11) is 1.75. The lowest BCUT2D eigenvalue weighted by Gasteiger charge is -2.03. The summed E-state index contributed by atoms with van der Waals surface area (Å²) in [4.78, 5) is 11.7. The summed E-state index contributed by atoms with van der Waals surface area (Å²) in [5.41, 5.74) is 0.598. The predicted molar refractivity (Wildman–Crippen MR) is 65.1 cm³/mol. The maximum atomic E-state index is 11.7. The molecular formula is C11H10ClNOS. The van der Waals surface area contributed by atoms with E-state index in [1.165, 1.54) is 0 Å².